The maximum atomic E-state index is 11.6. The number of benzene rings is 6. The molecule has 786 valence electrons. The molecule has 12 heterocycles. The van der Waals surface area contributed by atoms with E-state index in [1.54, 1.807) is 41.5 Å². The van der Waals surface area contributed by atoms with E-state index in [0.717, 1.165) is 54.7 Å². The summed E-state index contributed by atoms with van der Waals surface area (Å²) in [5.41, 5.74) is -15.8. The molecule has 6 fully saturated rings. The summed E-state index contributed by atoms with van der Waals surface area (Å²) in [6.45, 7) is -35.5. The van der Waals surface area contributed by atoms with E-state index in [9.17, 15) is 38.9 Å². The quantitative estimate of drug-likeness (QED) is 0.0392. The third kappa shape index (κ3) is 26.9. The molecule has 6 aromatic carbocycles. The number of fused-ring (bicyclic) bond motifs is 18. The van der Waals surface area contributed by atoms with Crippen LogP contribution in [0.3, 0.4) is 0 Å². The van der Waals surface area contributed by atoms with Gasteiger partial charge in [-0.25, -0.2) is 0 Å². The molecule has 0 saturated carbocycles. The number of hydrogen-bond acceptors (Lipinski definition) is 24. The van der Waals surface area contributed by atoms with Gasteiger partial charge in [-0.2, -0.15) is 0 Å². The minimum Gasteiger partial charge on any atom is -0.493 e. The Morgan fingerprint density at radius 1 is 0.284 bits per heavy atom. The number of rotatable bonds is 21. The number of aliphatic hydroxyl groups is 6. The number of piperidine rings is 6. The first-order chi connectivity index (χ1) is 101. The maximum absolute atomic E-state index is 11.6. The Morgan fingerprint density at radius 3 is 0.596 bits per heavy atom. The fourth-order valence-corrected chi connectivity index (χ4v) is 16.1. The summed E-state index contributed by atoms with van der Waals surface area (Å²) in [4.78, 5) is 2.93. The van der Waals surface area contributed by atoms with Crippen molar-refractivity contribution in [2.75, 3.05) is 163 Å². The van der Waals surface area contributed by atoms with Crippen molar-refractivity contribution < 1.29 is 207 Å². The SMILES string of the molecule is [2H]c1c2c(c([2H])c(OC([2H])([2H])[2H])c1OC)C1([2H])N(CC2)C([2H])([2H])C([2H])(C([2H])([2H])C(C)(C([2H])([2H])[2H])C([2H])([2H])[2H])C([2H])(O)C1([2H])[2H].[2H]c1c2c(c([2H])c(OC([2H])([2H])[2H])c1OC)C1([2H])N(CC2)C([2H])([2H])C([2H])(CC(C)C)C([2H])(O)C1([2H])[2H].[2H]c1c2c(c([2H])c(OC([2H])([2H])[2H])c1OC)C1([2H])N(CC2)C([2H])([2H])C([2H])(CC(C)C)C([2H])(O)C1([2H])[2H].[2H]c1c2c(c([2H])c(OC)c1OC)C1([2H])N(CC2)C([2H])([2H])C([2H])(C([2H])([2H])C(C)(C([2H])([2H])[2H])C([2H])([2H])[2H])C([2H])(O)C1([2H])[2H].[2H]c1c2c(c([2H])c(OC)c1OC)C1([2H])N(CC2)C([2H])([2H])C([2H])(C([2H])([2H])C(C)(C([2H])([2H])[2H])C([2H])([2H])[2H])C([2H])(O)C1([2H])[2H].[2H]c1c2c(c([2H])c(OC)c1OC)C1([2H])N(CC2)C([2H])([2H])C([2H])(CC(C)C)C([2H])(O)C1([2H])[2H]. The van der Waals surface area contributed by atoms with Gasteiger partial charge in [0.25, 0.3) is 0 Å². The summed E-state index contributed by atoms with van der Waals surface area (Å²) >= 11 is 0. The summed E-state index contributed by atoms with van der Waals surface area (Å²) in [5.74, 6) is -27.8. The topological polar surface area (TPSA) is 252 Å². The minimum atomic E-state index is -4.52. The molecule has 0 bridgehead atoms. The van der Waals surface area contributed by atoms with Crippen molar-refractivity contribution in [1.82, 2.24) is 29.4 Å². The molecule has 18 atom stereocenters. The number of hydrogen-bond donors (Lipinski definition) is 6. The molecule has 24 nitrogen and oxygen atoms in total. The van der Waals surface area contributed by atoms with Gasteiger partial charge < -0.3 is 87.5 Å². The smallest absolute Gasteiger partial charge is 0.161 e. The fraction of sp³-hybridized carbons (Fsp3) is 0.692. The van der Waals surface area contributed by atoms with Crippen molar-refractivity contribution in [2.45, 2.75) is 291 Å². The number of ether oxygens (including phenoxy) is 12. The van der Waals surface area contributed by atoms with Gasteiger partial charge >= 0.3 is 0 Å². The highest BCUT2D eigenvalue weighted by Gasteiger charge is 2.47. The van der Waals surface area contributed by atoms with Crippen molar-refractivity contribution in [3.8, 4) is 69.0 Å². The van der Waals surface area contributed by atoms with Crippen LogP contribution < -0.4 is 56.8 Å². The van der Waals surface area contributed by atoms with Crippen molar-refractivity contribution >= 4 is 0 Å². The monoisotopic (exact) mass is 2040 g/mol. The van der Waals surface area contributed by atoms with Gasteiger partial charge in [0.15, 0.2) is 69.0 Å². The van der Waals surface area contributed by atoms with E-state index in [-0.39, 0.29) is 147 Å². The van der Waals surface area contributed by atoms with Crippen LogP contribution in [-0.4, -0.2) is 260 Å². The van der Waals surface area contributed by atoms with Gasteiger partial charge in [0.05, 0.1) is 167 Å². The molecule has 12 aliphatic heterocycles. The zero-order chi connectivity index (χ0) is 179. The average Bonchev–Trinajstić information content (AvgIpc) is 0.633. The van der Waals surface area contributed by atoms with Gasteiger partial charge in [-0.05, 0) is 324 Å². The van der Waals surface area contributed by atoms with Crippen LogP contribution in [0.4, 0.5) is 0 Å². The molecule has 0 amide bonds. The third-order valence-corrected chi connectivity index (χ3v) is 22.3. The summed E-state index contributed by atoms with van der Waals surface area (Å²) in [6, 6.07) is -26.5. The van der Waals surface area contributed by atoms with E-state index in [1.165, 1.54) is 14.2 Å². The highest BCUT2D eigenvalue weighted by atomic mass is 16.5. The molecule has 141 heavy (non-hydrogen) atoms. The molecule has 0 spiro atoms. The lowest BCUT2D eigenvalue weighted by Gasteiger charge is -2.47. The maximum Gasteiger partial charge on any atom is 0.161 e. The van der Waals surface area contributed by atoms with Crippen molar-refractivity contribution in [3.05, 3.63) is 139 Å². The molecule has 6 saturated heterocycles. The zero-order valence-electron chi connectivity index (χ0n) is 168. The zero-order valence-corrected chi connectivity index (χ0v) is 81.1. The molecular formula is C117H180N6O18. The van der Waals surface area contributed by atoms with E-state index in [1.807, 2.05) is 0 Å². The predicted molar refractivity (Wildman–Crippen MR) is 561 cm³/mol. The van der Waals surface area contributed by atoms with Gasteiger partial charge in [0.1, 0.15) is 0 Å². The van der Waals surface area contributed by atoms with E-state index in [4.69, 9.17) is 168 Å². The van der Waals surface area contributed by atoms with Crippen LogP contribution in [0, 0.1) is 69.4 Å². The highest BCUT2D eigenvalue weighted by Crippen LogP contribution is 2.53. The van der Waals surface area contributed by atoms with Gasteiger partial charge in [-0.15, -0.1) is 0 Å². The Labute approximate surface area is 968 Å². The molecule has 0 radical (unpaired) electrons. The average molecular weight is 2050 g/mol. The molecule has 0 aromatic heterocycles. The van der Waals surface area contributed by atoms with Crippen LogP contribution in [0.1, 0.15) is 402 Å². The summed E-state index contributed by atoms with van der Waals surface area (Å²) < 4.78 is 799. The molecular weight excluding hydrogens is 1780 g/mol. The Balaban J connectivity index is 0.000000217. The second-order valence-electron chi connectivity index (χ2n) is 34.8. The standard InChI is InChI=1S/3C20H31NO3.3C19H29NO3/c3*1-20(2,3)11-14-12-21-7-6-13-8-18(23-4)19(24-5)9-15(13)16(21)10-17(14)22;3*1-12(2)7-14-11-20-6-5-13-8-18(22-3)19(23-4)9-15(13)16(20)10-17(14)21/h3*8-9,14,16-17,22H,6-7,10-12H2,1-5H3;3*8-9,12,14,16-17,21H,5-7,10-11H2,1-4H3/i1D3,2D3,5D3,8D,9D,10D2,11D2,12D2,14D,16D,17D;2*1D3,2D3,8D,9D,10D2,11D2,12D2,14D,16D,17D;2*4D3,8D,9D,10D2,11D2,14D,16D,17D;8D,9D,10D2,11D2,14D,16D,17D. The fourth-order valence-electron chi connectivity index (χ4n) is 16.1. The Kier molecular flexibility index (Phi) is 14.9. The molecule has 18 unspecified atom stereocenters. The van der Waals surface area contributed by atoms with Crippen LogP contribution in [0.15, 0.2) is 72.5 Å². The first-order valence-corrected chi connectivity index (χ1v) is 44.5. The summed E-state index contributed by atoms with van der Waals surface area (Å²) in [6.07, 6.45) is -61.1. The van der Waals surface area contributed by atoms with Crippen LogP contribution in [0.25, 0.3) is 0 Å². The lowest BCUT2D eigenvalue weighted by molar-refractivity contribution is -0.0259. The van der Waals surface area contributed by atoms with E-state index < -0.39 is 474 Å². The summed E-state index contributed by atoms with van der Waals surface area (Å²) in [7, 11) is 0.777. The highest BCUT2D eigenvalue weighted by molar-refractivity contribution is 5.55. The second kappa shape index (κ2) is 48.4. The minimum absolute atomic E-state index is 0.00912. The first kappa shape index (κ1) is 43.3. The van der Waals surface area contributed by atoms with Crippen molar-refractivity contribution in [2.24, 2.45) is 69.4 Å². The molecule has 0 aliphatic carbocycles. The van der Waals surface area contributed by atoms with Crippen LogP contribution in [-0.2, 0) is 38.5 Å². The Hall–Kier alpha value is -7.56. The van der Waals surface area contributed by atoms with Crippen molar-refractivity contribution in [1.29, 1.82) is 0 Å². The van der Waals surface area contributed by atoms with Gasteiger partial charge in [0.2, 0.25) is 0 Å². The van der Waals surface area contributed by atoms with E-state index >= 15 is 0 Å². The largest absolute Gasteiger partial charge is 0.493 e. The van der Waals surface area contributed by atoms with Crippen LogP contribution in [0.5, 0.6) is 69.0 Å². The molecule has 18 rings (SSSR count). The molecule has 6 aromatic rings. The Bertz CT molecular complexity index is 9140. The van der Waals surface area contributed by atoms with E-state index in [0.29, 0.717) is 30.6 Å². The normalized spacial score (nSPS) is 51.2. The van der Waals surface area contributed by atoms with Crippen molar-refractivity contribution in [3.63, 3.8) is 0 Å². The van der Waals surface area contributed by atoms with Gasteiger partial charge in [0, 0.05) is 188 Å². The predicted octanol–water partition coefficient (Wildman–Crippen LogP) is 19.3. The molecule has 6 N–H and O–H groups in total. The summed E-state index contributed by atoms with van der Waals surface area (Å²) in [5, 5.41) is 68.3. The van der Waals surface area contributed by atoms with E-state index in [2.05, 4.69) is 0 Å². The number of methoxy groups -OCH3 is 12. The lowest BCUT2D eigenvalue weighted by atomic mass is 9.75. The Morgan fingerprint density at radius 2 is 0.440 bits per heavy atom. The molecule has 12 aliphatic rings. The first-order valence-electron chi connectivity index (χ1n) is 88.0. The van der Waals surface area contributed by atoms with Gasteiger partial charge in [-0.1, -0.05) is 103 Å². The van der Waals surface area contributed by atoms with Crippen LogP contribution >= 0.6 is 0 Å². The third-order valence-electron chi connectivity index (χ3n) is 22.3. The molecule has 24 heteroatoms. The van der Waals surface area contributed by atoms with Crippen LogP contribution in [0.2, 0.25) is 0 Å². The second-order valence-corrected chi connectivity index (χ2v) is 34.8. The lowest BCUT2D eigenvalue weighted by Crippen LogP contribution is -2.48. The number of nitrogens with zero attached hydrogens (tertiary/aromatic N) is 6. The van der Waals surface area contributed by atoms with Gasteiger partial charge in [-0.3, -0.25) is 29.4 Å².